The third-order valence-corrected chi connectivity index (χ3v) is 4.26. The summed E-state index contributed by atoms with van der Waals surface area (Å²) in [5.74, 6) is 1.16. The van der Waals surface area contributed by atoms with Gasteiger partial charge in [-0.05, 0) is 38.1 Å². The zero-order valence-electron chi connectivity index (χ0n) is 14.5. The Kier molecular flexibility index (Phi) is 4.16. The van der Waals surface area contributed by atoms with Gasteiger partial charge in [0.15, 0.2) is 11.9 Å². The van der Waals surface area contributed by atoms with E-state index in [1.165, 1.54) is 0 Å². The van der Waals surface area contributed by atoms with E-state index in [0.717, 1.165) is 16.7 Å². The molecule has 8 heteroatoms. The summed E-state index contributed by atoms with van der Waals surface area (Å²) >= 11 is 0. The minimum Gasteiger partial charge on any atom is -0.491 e. The summed E-state index contributed by atoms with van der Waals surface area (Å²) in [6.07, 6.45) is 1.15. The lowest BCUT2D eigenvalue weighted by atomic mass is 10.1. The third kappa shape index (κ3) is 3.17. The largest absolute Gasteiger partial charge is 0.491 e. The number of hydrogen-bond donors (Lipinski definition) is 2. The van der Waals surface area contributed by atoms with Gasteiger partial charge in [0, 0.05) is 24.5 Å². The van der Waals surface area contributed by atoms with Crippen LogP contribution in [0.15, 0.2) is 30.5 Å². The molecule has 1 aliphatic rings. The number of cyclic esters (lactones) is 1. The number of benzene rings is 1. The number of carbonyl (C=O) groups is 1. The normalized spacial score (nSPS) is 20.6. The monoisotopic (exact) mass is 353 g/mol. The molecule has 4 bridgehead atoms. The molecule has 0 spiro atoms. The lowest BCUT2D eigenvalue weighted by Gasteiger charge is -2.16. The van der Waals surface area contributed by atoms with Crippen LogP contribution in [-0.2, 0) is 4.74 Å². The van der Waals surface area contributed by atoms with Crippen LogP contribution in [0, 0.1) is 0 Å². The standard InChI is InChI=1S/C18H19N5O3/c1-10-5-7-20-18(24)26-11(2)17-19-8-6-15(21-17)16-13-9-12(25-10)3-4-14(13)22-23-16/h3-4,6,8-11H,5,7H2,1-2H3,(H,20,24)(H,22,23)/t10-,11?/m1/s1. The highest BCUT2D eigenvalue weighted by atomic mass is 16.6. The Labute approximate surface area is 149 Å². The van der Waals surface area contributed by atoms with Gasteiger partial charge in [0.2, 0.25) is 0 Å². The maximum Gasteiger partial charge on any atom is 0.407 e. The number of fused-ring (bicyclic) bond motifs is 4. The van der Waals surface area contributed by atoms with Crippen LogP contribution in [0.25, 0.3) is 22.3 Å². The van der Waals surface area contributed by atoms with Crippen LogP contribution in [-0.4, -0.2) is 38.9 Å². The van der Waals surface area contributed by atoms with Gasteiger partial charge in [0.1, 0.15) is 11.4 Å². The van der Waals surface area contributed by atoms with E-state index in [9.17, 15) is 4.79 Å². The molecule has 1 amide bonds. The number of nitrogens with zero attached hydrogens (tertiary/aromatic N) is 3. The maximum absolute atomic E-state index is 11.9. The first-order valence-electron chi connectivity index (χ1n) is 8.53. The first-order chi connectivity index (χ1) is 12.6. The molecule has 0 aliphatic carbocycles. The number of hydrogen-bond acceptors (Lipinski definition) is 6. The number of aromatic amines is 1. The van der Waals surface area contributed by atoms with Gasteiger partial charge in [-0.15, -0.1) is 0 Å². The van der Waals surface area contributed by atoms with E-state index in [2.05, 4.69) is 25.5 Å². The second-order valence-corrected chi connectivity index (χ2v) is 6.27. The van der Waals surface area contributed by atoms with Gasteiger partial charge < -0.3 is 14.8 Å². The number of amides is 1. The number of aromatic nitrogens is 4. The van der Waals surface area contributed by atoms with Crippen molar-refractivity contribution < 1.29 is 14.3 Å². The van der Waals surface area contributed by atoms with E-state index >= 15 is 0 Å². The average molecular weight is 353 g/mol. The summed E-state index contributed by atoms with van der Waals surface area (Å²) in [5.41, 5.74) is 2.25. The zero-order chi connectivity index (χ0) is 18.1. The highest BCUT2D eigenvalue weighted by molar-refractivity contribution is 5.92. The Bertz CT molecular complexity index is 955. The number of rotatable bonds is 0. The Balaban J connectivity index is 1.82. The van der Waals surface area contributed by atoms with Crippen molar-refractivity contribution >= 4 is 17.0 Å². The van der Waals surface area contributed by atoms with Crippen molar-refractivity contribution in [1.29, 1.82) is 0 Å². The van der Waals surface area contributed by atoms with E-state index in [1.54, 1.807) is 19.2 Å². The van der Waals surface area contributed by atoms with E-state index in [4.69, 9.17) is 9.47 Å². The SMILES string of the molecule is CC1OC(=O)NCC[C@@H](C)Oc2ccc3[nH]nc(c3c2)-c2ccnc1n2. The van der Waals surface area contributed by atoms with Crippen molar-refractivity contribution in [2.75, 3.05) is 6.54 Å². The molecule has 1 aromatic carbocycles. The van der Waals surface area contributed by atoms with Crippen molar-refractivity contribution in [3.8, 4) is 17.1 Å². The summed E-state index contributed by atoms with van der Waals surface area (Å²) in [7, 11) is 0. The molecule has 0 fully saturated rings. The molecule has 0 radical (unpaired) electrons. The first-order valence-corrected chi connectivity index (χ1v) is 8.53. The van der Waals surface area contributed by atoms with E-state index < -0.39 is 12.2 Å². The second-order valence-electron chi connectivity index (χ2n) is 6.27. The van der Waals surface area contributed by atoms with Crippen molar-refractivity contribution in [2.24, 2.45) is 0 Å². The molecule has 0 saturated carbocycles. The summed E-state index contributed by atoms with van der Waals surface area (Å²) in [5, 5.41) is 11.0. The van der Waals surface area contributed by atoms with Crippen molar-refractivity contribution in [1.82, 2.24) is 25.5 Å². The van der Waals surface area contributed by atoms with Crippen LogP contribution >= 0.6 is 0 Å². The molecular formula is C18H19N5O3. The topological polar surface area (TPSA) is 102 Å². The van der Waals surface area contributed by atoms with Crippen molar-refractivity contribution in [3.05, 3.63) is 36.3 Å². The molecule has 1 aliphatic heterocycles. The number of ether oxygens (including phenoxy) is 2. The average Bonchev–Trinajstić information content (AvgIpc) is 3.04. The fourth-order valence-electron chi connectivity index (χ4n) is 2.89. The van der Waals surface area contributed by atoms with Gasteiger partial charge >= 0.3 is 6.09 Å². The molecule has 1 unspecified atom stereocenters. The molecular weight excluding hydrogens is 334 g/mol. The lowest BCUT2D eigenvalue weighted by molar-refractivity contribution is 0.101. The van der Waals surface area contributed by atoms with Gasteiger partial charge in [0.25, 0.3) is 0 Å². The predicted octanol–water partition coefficient (Wildman–Crippen LogP) is 2.98. The fourth-order valence-corrected chi connectivity index (χ4v) is 2.89. The Morgan fingerprint density at radius 1 is 1.19 bits per heavy atom. The number of H-pyrrole nitrogens is 1. The molecule has 26 heavy (non-hydrogen) atoms. The molecule has 2 atom stereocenters. The van der Waals surface area contributed by atoms with Crippen LogP contribution in [0.5, 0.6) is 5.75 Å². The van der Waals surface area contributed by atoms with Crippen molar-refractivity contribution in [2.45, 2.75) is 32.5 Å². The number of carbonyl (C=O) groups excluding carboxylic acids is 1. The van der Waals surface area contributed by atoms with Crippen molar-refractivity contribution in [3.63, 3.8) is 0 Å². The van der Waals surface area contributed by atoms with E-state index in [0.29, 0.717) is 30.2 Å². The summed E-state index contributed by atoms with van der Waals surface area (Å²) in [6, 6.07) is 7.56. The zero-order valence-corrected chi connectivity index (χ0v) is 14.5. The summed E-state index contributed by atoms with van der Waals surface area (Å²) in [4.78, 5) is 20.7. The van der Waals surface area contributed by atoms with Crippen LogP contribution < -0.4 is 10.1 Å². The quantitative estimate of drug-likeness (QED) is 0.644. The maximum atomic E-state index is 11.9. The van der Waals surface area contributed by atoms with Crippen LogP contribution in [0.1, 0.15) is 32.2 Å². The third-order valence-electron chi connectivity index (χ3n) is 4.26. The predicted molar refractivity (Wildman–Crippen MR) is 94.7 cm³/mol. The fraction of sp³-hybridized carbons (Fsp3) is 0.333. The minimum atomic E-state index is -0.575. The molecule has 2 aromatic heterocycles. The van der Waals surface area contributed by atoms with E-state index in [-0.39, 0.29) is 6.10 Å². The Morgan fingerprint density at radius 3 is 2.96 bits per heavy atom. The van der Waals surface area contributed by atoms with Crippen LogP contribution in [0.3, 0.4) is 0 Å². The van der Waals surface area contributed by atoms with E-state index in [1.807, 2.05) is 25.1 Å². The molecule has 2 N–H and O–H groups in total. The van der Waals surface area contributed by atoms with Gasteiger partial charge in [-0.3, -0.25) is 5.10 Å². The summed E-state index contributed by atoms with van der Waals surface area (Å²) < 4.78 is 11.3. The highest BCUT2D eigenvalue weighted by Gasteiger charge is 2.18. The van der Waals surface area contributed by atoms with Crippen LogP contribution in [0.2, 0.25) is 0 Å². The van der Waals surface area contributed by atoms with Gasteiger partial charge in [-0.25, -0.2) is 14.8 Å². The summed E-state index contributed by atoms with van der Waals surface area (Å²) in [6.45, 7) is 4.15. The number of alkyl carbamates (subject to hydrolysis) is 1. The minimum absolute atomic E-state index is 0.0634. The van der Waals surface area contributed by atoms with Gasteiger partial charge in [-0.2, -0.15) is 5.10 Å². The molecule has 3 aromatic rings. The van der Waals surface area contributed by atoms with Gasteiger partial charge in [0.05, 0.1) is 17.3 Å². The Morgan fingerprint density at radius 2 is 2.08 bits per heavy atom. The van der Waals surface area contributed by atoms with Gasteiger partial charge in [-0.1, -0.05) is 0 Å². The highest BCUT2D eigenvalue weighted by Crippen LogP contribution is 2.29. The number of nitrogens with one attached hydrogen (secondary N) is 2. The smallest absolute Gasteiger partial charge is 0.407 e. The molecule has 0 saturated heterocycles. The van der Waals surface area contributed by atoms with Crippen LogP contribution in [0.4, 0.5) is 4.79 Å². The second kappa shape index (κ2) is 6.62. The Hall–Kier alpha value is -3.16. The lowest BCUT2D eigenvalue weighted by Crippen LogP contribution is -2.29. The molecule has 3 heterocycles. The first kappa shape index (κ1) is 16.3. The molecule has 134 valence electrons. The molecule has 8 nitrogen and oxygen atoms in total. The molecule has 4 rings (SSSR count).